The summed E-state index contributed by atoms with van der Waals surface area (Å²) in [5.41, 5.74) is 3.65. The summed E-state index contributed by atoms with van der Waals surface area (Å²) in [6.07, 6.45) is 7.51. The van der Waals surface area contributed by atoms with Crippen molar-refractivity contribution < 1.29 is 91.7 Å². The van der Waals surface area contributed by atoms with E-state index in [0.717, 1.165) is 4.90 Å². The number of carbonyl (C=O) groups is 9. The van der Waals surface area contributed by atoms with Gasteiger partial charge < -0.3 is 91.1 Å². The molecule has 9 rings (SSSR count). The van der Waals surface area contributed by atoms with Crippen molar-refractivity contribution in [3.63, 3.8) is 0 Å². The third kappa shape index (κ3) is 18.7. The third-order valence-electron chi connectivity index (χ3n) is 20.2. The molecule has 1 fully saturated rings. The molecule has 0 radical (unpaired) electrons. The number of carbonyl (C=O) groups excluding carboxylic acids is 9. The number of unbranched alkanes of at least 4 members (excludes halogenated alkanes) is 2. The molecule has 0 saturated carbocycles. The molecule has 1 saturated heterocycles. The Morgan fingerprint density at radius 1 is 0.843 bits per heavy atom. The number of nitrogens with one attached hydrogen (secondary N) is 6. The van der Waals surface area contributed by atoms with E-state index >= 15 is 4.79 Å². The highest BCUT2D eigenvalue weighted by Gasteiger charge is 2.45. The van der Waals surface area contributed by atoms with Crippen molar-refractivity contribution >= 4 is 109 Å². The number of fused-ring (bicyclic) bond motifs is 2. The van der Waals surface area contributed by atoms with E-state index in [0.29, 0.717) is 62.1 Å². The molecule has 4 aliphatic rings. The van der Waals surface area contributed by atoms with Gasteiger partial charge in [-0.1, -0.05) is 78.3 Å². The number of nitrogens with zero attached hydrogens (tertiary/aromatic N) is 3. The van der Waals surface area contributed by atoms with Crippen LogP contribution in [0.2, 0.25) is 0 Å². The number of amides is 9. The van der Waals surface area contributed by atoms with Gasteiger partial charge in [0.1, 0.15) is 47.5 Å². The topological polar surface area (TPSA) is 446 Å². The number of imide groups is 1. The van der Waals surface area contributed by atoms with Crippen LogP contribution in [0.3, 0.4) is 0 Å². The fourth-order valence-corrected chi connectivity index (χ4v) is 13.8. The fourth-order valence-electron chi connectivity index (χ4n) is 13.8. The molecule has 5 heterocycles. The number of aliphatic hydroxyl groups is 3. The van der Waals surface area contributed by atoms with Crippen LogP contribution in [0.25, 0.3) is 38.7 Å². The highest BCUT2D eigenvalue weighted by Crippen LogP contribution is 2.43. The number of hydrogen-bond acceptors (Lipinski definition) is 23. The highest BCUT2D eigenvalue weighted by atomic mass is 16.7. The lowest BCUT2D eigenvalue weighted by atomic mass is 9.78. The number of rotatable bonds is 22. The number of ether oxygens (including phenoxy) is 5. The van der Waals surface area contributed by atoms with Crippen molar-refractivity contribution in [1.29, 1.82) is 0 Å². The number of esters is 1. The Labute approximate surface area is 622 Å². The van der Waals surface area contributed by atoms with Gasteiger partial charge in [0.05, 0.1) is 35.2 Å². The van der Waals surface area contributed by atoms with Crippen molar-refractivity contribution in [2.75, 3.05) is 48.8 Å². The maximum atomic E-state index is 15.2. The number of allylic oxidation sites excluding steroid dienone is 2. The molecule has 5 aromatic rings. The Balaban J connectivity index is 0.891. The number of aromatic hydroxyl groups is 1. The van der Waals surface area contributed by atoms with Crippen LogP contribution in [-0.2, 0) is 59.1 Å². The molecule has 4 aliphatic heterocycles. The van der Waals surface area contributed by atoms with Crippen molar-refractivity contribution in [3.05, 3.63) is 121 Å². The Morgan fingerprint density at radius 2 is 1.54 bits per heavy atom. The van der Waals surface area contributed by atoms with Crippen LogP contribution in [0.4, 0.5) is 26.7 Å². The predicted octanol–water partition coefficient (Wildman–Crippen LogP) is 5.95. The maximum Gasteiger partial charge on any atom is 0.407 e. The van der Waals surface area contributed by atoms with Gasteiger partial charge in [0.25, 0.3) is 17.7 Å². The minimum absolute atomic E-state index is 0.00989. The Hall–Kier alpha value is -10.9. The van der Waals surface area contributed by atoms with Crippen LogP contribution >= 0.6 is 0 Å². The fraction of sp³-hybridized carbons (Fsp3) is 0.481. The molecular weight excluding hydrogens is 1400 g/mol. The van der Waals surface area contributed by atoms with Gasteiger partial charge in [0, 0.05) is 135 Å². The molecule has 4 bridgehead atoms. The first-order chi connectivity index (χ1) is 51.2. The van der Waals surface area contributed by atoms with Crippen LogP contribution in [0.1, 0.15) is 125 Å². The van der Waals surface area contributed by atoms with Gasteiger partial charge >= 0.3 is 23.9 Å². The zero-order chi connectivity index (χ0) is 78.7. The number of phenolic OH excluding ortho intramolecular Hbond substituents is 1. The first kappa shape index (κ1) is 81.2. The highest BCUT2D eigenvalue weighted by molar-refractivity contribution is 6.17. The van der Waals surface area contributed by atoms with Crippen LogP contribution in [0.15, 0.2) is 98.7 Å². The minimum atomic E-state index is -2.07. The standard InChI is InChI=1S/C77H96N10O21/c1-38(2)60(83-54(90)20-13-12-14-31-87-55(91)25-26-56(87)92)74(100)82-50(19-16-30-79-75(78)101)73(99)80-47-23-21-46(22-24-47)37-104-76(102)81-48-27-32-86(33-28-48)49-35-51(89)61-53(36-49)107-70-62(84-61)57-58-66(95)44(8)69-59(57)71(97)77(10,108-69)105-34-29-52(103-11)41(5)68(106-45(9)88)43(7)65(94)42(6)64(93)39(3)17-15-18-40(4)72(98)85-63(70)67(58)96/h15,17-18,21-26,29,34-36,38-39,41-43,48,50,52,60,64-65,68,93-95,97H,12-14,16,19-20,27-28,30-33,37H2,1-11H3,(H,80,99)(H,81,102)(H,82,100)(H,83,90)(H,85,98)(H3,78,79,101)/b17-15-,34-29?,40-18-/t39-,41+,42+,43+,50-,52-,60-,64-,65+,68+,77-/m0/s1. The molecule has 11 atom stereocenters. The monoisotopic (exact) mass is 1500 g/mol. The third-order valence-corrected chi connectivity index (χ3v) is 20.2. The number of anilines is 3. The first-order valence-corrected chi connectivity index (χ1v) is 36.1. The van der Waals surface area contributed by atoms with E-state index in [4.69, 9.17) is 38.8 Å². The van der Waals surface area contributed by atoms with Crippen molar-refractivity contribution in [3.8, 4) is 11.5 Å². The summed E-state index contributed by atoms with van der Waals surface area (Å²) in [5, 5.41) is 63.3. The molecular formula is C77H96N10O21. The van der Waals surface area contributed by atoms with E-state index in [2.05, 4.69) is 31.9 Å². The number of aromatic nitrogens is 1. The number of hydrogen-bond donors (Lipinski definition) is 11. The van der Waals surface area contributed by atoms with Crippen molar-refractivity contribution in [2.24, 2.45) is 35.3 Å². The molecule has 0 aliphatic carbocycles. The molecule has 9 amide bonds. The average Bonchev–Trinajstić information content (AvgIpc) is 1.39. The summed E-state index contributed by atoms with van der Waals surface area (Å²) in [5.74, 6) is -10.3. The number of primary amides is 1. The molecule has 1 aromatic heterocycles. The van der Waals surface area contributed by atoms with Crippen LogP contribution in [-0.4, -0.2) is 165 Å². The van der Waals surface area contributed by atoms with Crippen LogP contribution in [0, 0.1) is 36.5 Å². The quantitative estimate of drug-likeness (QED) is 0.0125. The molecule has 31 nitrogen and oxygen atoms in total. The summed E-state index contributed by atoms with van der Waals surface area (Å²) < 4.78 is 36.3. The van der Waals surface area contributed by atoms with E-state index in [1.165, 1.54) is 77.5 Å². The number of alkyl carbamates (subject to hydrolysis) is 1. The Morgan fingerprint density at radius 3 is 2.19 bits per heavy atom. The minimum Gasteiger partial charge on any atom is -0.507 e. The molecule has 0 unspecified atom stereocenters. The van der Waals surface area contributed by atoms with Crippen molar-refractivity contribution in [2.45, 2.75) is 176 Å². The maximum absolute atomic E-state index is 15.2. The second kappa shape index (κ2) is 35.2. The summed E-state index contributed by atoms with van der Waals surface area (Å²) in [4.78, 5) is 153. The smallest absolute Gasteiger partial charge is 0.407 e. The zero-order valence-electron chi connectivity index (χ0n) is 62.3. The average molecular weight is 1500 g/mol. The number of benzene rings is 4. The van der Waals surface area contributed by atoms with E-state index in [1.54, 1.807) is 78.0 Å². The number of urea groups is 1. The SMILES string of the molecule is CO[C@H]1C=CO[C@@]2(C)Oc3c(C)c(O)c4c(=O)c(c5oc6cc(N7CCC(NC(=O)OCc8ccc(NC(=O)[C@H](CCCNC(N)=O)NC(=O)[C@@H](NC(=O)CCCCCN9C(=O)C=CC9=O)C(C)C)cc8)CC7)cc(=O)c6nc5c4c3=C2O)NC(=O)/C(C)=C\C=C/[C@H](C)[C@H](O)[C@@H](C)[C@@H](O)[C@@H](C)[C@H](OC(C)=O)[C@@H]1C. The summed E-state index contributed by atoms with van der Waals surface area (Å²) in [7, 11) is 1.42. The first-order valence-electron chi connectivity index (χ1n) is 36.1. The van der Waals surface area contributed by atoms with Crippen LogP contribution in [0.5, 0.6) is 11.5 Å². The Kier molecular flexibility index (Phi) is 26.5. The normalized spacial score (nSPS) is 23.5. The van der Waals surface area contributed by atoms with Gasteiger partial charge in [-0.05, 0) is 82.1 Å². The van der Waals surface area contributed by atoms with Crippen LogP contribution < -0.4 is 63.3 Å². The van der Waals surface area contributed by atoms with E-state index in [9.17, 15) is 68.4 Å². The molecule has 4 aromatic carbocycles. The summed E-state index contributed by atoms with van der Waals surface area (Å²) >= 11 is 0. The largest absolute Gasteiger partial charge is 0.507 e. The van der Waals surface area contributed by atoms with E-state index < -0.39 is 141 Å². The Bertz CT molecular complexity index is 4590. The summed E-state index contributed by atoms with van der Waals surface area (Å²) in [6.45, 7) is 16.7. The molecule has 31 heteroatoms. The number of aliphatic hydroxyl groups excluding tert-OH is 3. The van der Waals surface area contributed by atoms with Gasteiger partial charge in [-0.25, -0.2) is 14.6 Å². The molecule has 12 N–H and O–H groups in total. The number of phenols is 1. The number of nitrogens with two attached hydrogens (primary N) is 1. The second-order valence-electron chi connectivity index (χ2n) is 28.5. The second-order valence-corrected chi connectivity index (χ2v) is 28.5. The summed E-state index contributed by atoms with van der Waals surface area (Å²) in [6, 6.07) is 6.08. The van der Waals surface area contributed by atoms with E-state index in [1.807, 2.05) is 4.90 Å². The number of piperidine rings is 1. The lowest BCUT2D eigenvalue weighted by molar-refractivity contribution is -0.160. The van der Waals surface area contributed by atoms with Gasteiger partial charge in [-0.15, -0.1) is 0 Å². The number of methoxy groups -OCH3 is 1. The van der Waals surface area contributed by atoms with Gasteiger partial charge in [-0.2, -0.15) is 0 Å². The predicted molar refractivity (Wildman–Crippen MR) is 398 cm³/mol. The molecule has 580 valence electrons. The van der Waals surface area contributed by atoms with E-state index in [-0.39, 0.29) is 112 Å². The van der Waals surface area contributed by atoms with Gasteiger partial charge in [0.2, 0.25) is 28.6 Å². The molecule has 0 spiro atoms. The van der Waals surface area contributed by atoms with Gasteiger partial charge in [0.15, 0.2) is 22.4 Å². The van der Waals surface area contributed by atoms with Crippen molar-refractivity contribution in [1.82, 2.24) is 31.2 Å². The lowest BCUT2D eigenvalue weighted by Crippen LogP contribution is -2.54. The lowest BCUT2D eigenvalue weighted by Gasteiger charge is -2.38. The molecule has 108 heavy (non-hydrogen) atoms. The zero-order valence-corrected chi connectivity index (χ0v) is 62.3. The van der Waals surface area contributed by atoms with Gasteiger partial charge in [-0.3, -0.25) is 48.1 Å².